The number of ether oxygens (including phenoxy) is 2. The van der Waals surface area contributed by atoms with E-state index in [9.17, 15) is 0 Å². The Bertz CT molecular complexity index is 1910. The van der Waals surface area contributed by atoms with Crippen molar-refractivity contribution >= 4 is 11.4 Å². The van der Waals surface area contributed by atoms with Crippen LogP contribution in [-0.2, 0) is 21.7 Å². The molecule has 6 aromatic carbocycles. The van der Waals surface area contributed by atoms with Crippen LogP contribution in [0.4, 0.5) is 11.4 Å². The summed E-state index contributed by atoms with van der Waals surface area (Å²) in [5.74, 6) is 1.81. The van der Waals surface area contributed by atoms with Gasteiger partial charge in [0.2, 0.25) is 0 Å². The molecule has 0 amide bonds. The van der Waals surface area contributed by atoms with Gasteiger partial charge in [0.15, 0.2) is 0 Å². The lowest BCUT2D eigenvalue weighted by Gasteiger charge is -2.30. The molecule has 58 heavy (non-hydrogen) atoms. The molecule has 4 heteroatoms. The molecule has 0 radical (unpaired) electrons. The summed E-state index contributed by atoms with van der Waals surface area (Å²) in [4.78, 5) is 0. The third kappa shape index (κ3) is 8.82. The number of rotatable bonds is 0. The summed E-state index contributed by atoms with van der Waals surface area (Å²) in [5, 5.41) is 7.18. The van der Waals surface area contributed by atoms with Gasteiger partial charge in [-0.2, -0.15) is 0 Å². The van der Waals surface area contributed by atoms with Crippen molar-refractivity contribution in [3.05, 3.63) is 190 Å². The van der Waals surface area contributed by atoms with Crippen molar-refractivity contribution in [1.82, 2.24) is 0 Å². The Labute approximate surface area is 348 Å². The van der Waals surface area contributed by atoms with Crippen LogP contribution in [0.3, 0.4) is 0 Å². The van der Waals surface area contributed by atoms with Gasteiger partial charge in [-0.1, -0.05) is 152 Å². The van der Waals surface area contributed by atoms with Gasteiger partial charge in [0.1, 0.15) is 11.5 Å². The van der Waals surface area contributed by atoms with Gasteiger partial charge in [0.05, 0.1) is 13.2 Å². The van der Waals surface area contributed by atoms with E-state index in [2.05, 4.69) is 212 Å². The summed E-state index contributed by atoms with van der Waals surface area (Å²) in [7, 11) is 0. The second kappa shape index (κ2) is 16.8. The molecule has 10 aliphatic rings. The van der Waals surface area contributed by atoms with Crippen LogP contribution in [0.5, 0.6) is 11.5 Å². The molecule has 16 rings (SSSR count). The maximum absolute atomic E-state index is 6.16. The van der Waals surface area contributed by atoms with Crippen molar-refractivity contribution in [3.8, 4) is 11.5 Å². The zero-order chi connectivity index (χ0) is 41.0. The maximum atomic E-state index is 6.16. The van der Waals surface area contributed by atoms with E-state index >= 15 is 0 Å². The Balaban J connectivity index is 1.08. The summed E-state index contributed by atoms with van der Waals surface area (Å²) < 4.78 is 12.3. The van der Waals surface area contributed by atoms with Crippen LogP contribution >= 0.6 is 0 Å². The van der Waals surface area contributed by atoms with Gasteiger partial charge in [-0.15, -0.1) is 0 Å². The lowest BCUT2D eigenvalue weighted by molar-refractivity contribution is 0.314. The average Bonchev–Trinajstić information content (AvgIpc) is 3.24. The van der Waals surface area contributed by atoms with Crippen LogP contribution in [0, 0.1) is 0 Å². The summed E-state index contributed by atoms with van der Waals surface area (Å²) in [6.45, 7) is 21.4. The van der Waals surface area contributed by atoms with Crippen molar-refractivity contribution in [2.75, 3.05) is 36.9 Å². The molecule has 10 heterocycles. The van der Waals surface area contributed by atoms with Crippen molar-refractivity contribution in [1.29, 1.82) is 0 Å². The van der Waals surface area contributed by atoms with E-state index in [-0.39, 0.29) is 21.7 Å². The molecule has 0 saturated carbocycles. The zero-order valence-electron chi connectivity index (χ0n) is 35.9. The second-order valence-corrected chi connectivity index (χ2v) is 18.1. The highest BCUT2D eigenvalue weighted by Crippen LogP contribution is 2.38. The minimum atomic E-state index is -0.148. The smallest absolute Gasteiger partial charge is 0.119 e. The first-order valence-corrected chi connectivity index (χ1v) is 21.1. The highest BCUT2D eigenvalue weighted by atomic mass is 16.5. The normalized spacial score (nSPS) is 17.7. The molecule has 0 atom stereocenters. The SMILES string of the molecule is CC1(C)c2ccc(cc2)NCCCOc2ccc(cc2)C(C)(C)c2ccc(cc2)C(C)(C)c2ccc(cc2)OCCCNc2ccc(cc2)C(C)(C)c2ccc1cc2. The fraction of sp³-hybridized carbons (Fsp3) is 0.333. The summed E-state index contributed by atoms with van der Waals surface area (Å²) in [5.41, 5.74) is 12.0. The standard InChI is InChI=1S/C54H62N2O2/c1-51(2)39-11-13-40(14-12-39)52(3,4)44-21-29-48(30-22-44)56-36-10-38-58-50-33-25-46(26-34-50)54(7,8)42-17-15-41(16-18-42)53(5,6)45-23-31-49(32-24-45)57-37-9-35-55-47-27-19-43(51)20-28-47/h11-34,55-56H,9-10,35-38H2,1-8H3. The molecule has 0 unspecified atom stereocenters. The van der Waals surface area contributed by atoms with E-state index < -0.39 is 0 Å². The maximum Gasteiger partial charge on any atom is 0.119 e. The number of nitrogens with one attached hydrogen (secondary N) is 2. The summed E-state index contributed by atoms with van der Waals surface area (Å²) in [6.07, 6.45) is 1.82. The number of anilines is 2. The first kappa shape index (κ1) is 40.7. The van der Waals surface area contributed by atoms with E-state index in [0.29, 0.717) is 13.2 Å². The van der Waals surface area contributed by atoms with Gasteiger partial charge < -0.3 is 20.1 Å². The molecule has 6 aromatic rings. The molecule has 12 bridgehead atoms. The topological polar surface area (TPSA) is 42.5 Å². The lowest BCUT2D eigenvalue weighted by atomic mass is 9.74. The highest BCUT2D eigenvalue weighted by molar-refractivity contribution is 5.51. The van der Waals surface area contributed by atoms with Crippen molar-refractivity contribution in [2.24, 2.45) is 0 Å². The predicted molar refractivity (Wildman–Crippen MR) is 244 cm³/mol. The Morgan fingerprint density at radius 1 is 0.310 bits per heavy atom. The molecule has 300 valence electrons. The minimum Gasteiger partial charge on any atom is -0.494 e. The lowest BCUT2D eigenvalue weighted by Crippen LogP contribution is -2.21. The zero-order valence-corrected chi connectivity index (χ0v) is 35.9. The molecule has 0 aliphatic carbocycles. The Morgan fingerprint density at radius 3 is 0.759 bits per heavy atom. The number of hydrogen-bond acceptors (Lipinski definition) is 4. The van der Waals surface area contributed by atoms with Crippen LogP contribution in [0.15, 0.2) is 146 Å². The fourth-order valence-corrected chi connectivity index (χ4v) is 8.21. The molecule has 2 N–H and O–H groups in total. The van der Waals surface area contributed by atoms with E-state index in [4.69, 9.17) is 9.47 Å². The van der Waals surface area contributed by atoms with Gasteiger partial charge in [-0.3, -0.25) is 0 Å². The molecule has 0 fully saturated rings. The van der Waals surface area contributed by atoms with Gasteiger partial charge in [0, 0.05) is 46.1 Å². The fourth-order valence-electron chi connectivity index (χ4n) is 8.21. The molecule has 4 nitrogen and oxygen atoms in total. The third-order valence-corrected chi connectivity index (χ3v) is 12.9. The van der Waals surface area contributed by atoms with E-state index in [1.54, 1.807) is 0 Å². The van der Waals surface area contributed by atoms with Crippen molar-refractivity contribution in [2.45, 2.75) is 89.9 Å². The van der Waals surface area contributed by atoms with E-state index in [0.717, 1.165) is 48.8 Å². The van der Waals surface area contributed by atoms with Crippen LogP contribution in [0.2, 0.25) is 0 Å². The Hall–Kier alpha value is -5.48. The van der Waals surface area contributed by atoms with Crippen molar-refractivity contribution < 1.29 is 9.47 Å². The van der Waals surface area contributed by atoms with Crippen LogP contribution in [-0.4, -0.2) is 26.3 Å². The molecule has 10 aliphatic heterocycles. The van der Waals surface area contributed by atoms with Gasteiger partial charge in [-0.25, -0.2) is 0 Å². The Kier molecular flexibility index (Phi) is 11.8. The molecule has 0 aromatic heterocycles. The van der Waals surface area contributed by atoms with Crippen molar-refractivity contribution in [3.63, 3.8) is 0 Å². The first-order valence-electron chi connectivity index (χ1n) is 21.1. The highest BCUT2D eigenvalue weighted by Gasteiger charge is 2.28. The van der Waals surface area contributed by atoms with Gasteiger partial charge >= 0.3 is 0 Å². The third-order valence-electron chi connectivity index (χ3n) is 12.9. The van der Waals surface area contributed by atoms with E-state index in [1.807, 2.05) is 0 Å². The largest absolute Gasteiger partial charge is 0.494 e. The van der Waals surface area contributed by atoms with Gasteiger partial charge in [0.25, 0.3) is 0 Å². The minimum absolute atomic E-state index is 0.126. The molecule has 0 saturated heterocycles. The summed E-state index contributed by atoms with van der Waals surface area (Å²) in [6, 6.07) is 53.4. The monoisotopic (exact) mass is 770 g/mol. The number of hydrogen-bond donors (Lipinski definition) is 2. The quantitative estimate of drug-likeness (QED) is 0.161. The van der Waals surface area contributed by atoms with Crippen LogP contribution in [0.1, 0.15) is 113 Å². The molecule has 0 spiro atoms. The summed E-state index contributed by atoms with van der Waals surface area (Å²) >= 11 is 0. The molecular formula is C54H62N2O2. The van der Waals surface area contributed by atoms with E-state index in [1.165, 1.54) is 44.5 Å². The second-order valence-electron chi connectivity index (χ2n) is 18.1. The number of benzene rings is 6. The Morgan fingerprint density at radius 2 is 0.517 bits per heavy atom. The average molecular weight is 771 g/mol. The predicted octanol–water partition coefficient (Wildman–Crippen LogP) is 13.1. The van der Waals surface area contributed by atoms with Gasteiger partial charge in [-0.05, 0) is 106 Å². The first-order chi connectivity index (χ1) is 27.7. The van der Waals surface area contributed by atoms with Crippen LogP contribution < -0.4 is 20.1 Å². The molecular weight excluding hydrogens is 709 g/mol. The van der Waals surface area contributed by atoms with Crippen LogP contribution in [0.25, 0.3) is 0 Å².